The SMILES string of the molecule is Cc1ccc(C(C)C)c(OCCCC(=N)N)c1. The Labute approximate surface area is 103 Å². The first-order valence-corrected chi connectivity index (χ1v) is 6.07. The van der Waals surface area contributed by atoms with Crippen LogP contribution in [0.4, 0.5) is 0 Å². The van der Waals surface area contributed by atoms with Crippen molar-refractivity contribution in [2.75, 3.05) is 6.61 Å². The van der Waals surface area contributed by atoms with E-state index in [9.17, 15) is 0 Å². The van der Waals surface area contributed by atoms with E-state index in [4.69, 9.17) is 15.9 Å². The van der Waals surface area contributed by atoms with E-state index in [1.165, 1.54) is 11.1 Å². The molecular formula is C14H22N2O. The van der Waals surface area contributed by atoms with Gasteiger partial charge in [0.25, 0.3) is 0 Å². The first-order chi connectivity index (χ1) is 8.00. The predicted octanol–water partition coefficient (Wildman–Crippen LogP) is 3.21. The van der Waals surface area contributed by atoms with Crippen LogP contribution < -0.4 is 10.5 Å². The van der Waals surface area contributed by atoms with E-state index in [0.29, 0.717) is 18.9 Å². The van der Waals surface area contributed by atoms with Gasteiger partial charge in [-0.3, -0.25) is 5.41 Å². The highest BCUT2D eigenvalue weighted by molar-refractivity contribution is 5.76. The van der Waals surface area contributed by atoms with Crippen molar-refractivity contribution in [2.45, 2.75) is 39.5 Å². The zero-order valence-corrected chi connectivity index (χ0v) is 10.9. The Morgan fingerprint density at radius 1 is 1.41 bits per heavy atom. The molecule has 0 aliphatic heterocycles. The molecule has 0 radical (unpaired) electrons. The summed E-state index contributed by atoms with van der Waals surface area (Å²) in [6.45, 7) is 7.00. The molecule has 0 spiro atoms. The molecule has 3 heteroatoms. The van der Waals surface area contributed by atoms with Gasteiger partial charge in [0.05, 0.1) is 12.4 Å². The highest BCUT2D eigenvalue weighted by atomic mass is 16.5. The average Bonchev–Trinajstić information content (AvgIpc) is 2.23. The van der Waals surface area contributed by atoms with Crippen LogP contribution in [-0.4, -0.2) is 12.4 Å². The molecule has 17 heavy (non-hydrogen) atoms. The van der Waals surface area contributed by atoms with E-state index in [1.54, 1.807) is 0 Å². The summed E-state index contributed by atoms with van der Waals surface area (Å²) < 4.78 is 5.78. The topological polar surface area (TPSA) is 59.1 Å². The fourth-order valence-corrected chi connectivity index (χ4v) is 1.69. The lowest BCUT2D eigenvalue weighted by Crippen LogP contribution is -2.11. The second kappa shape index (κ2) is 6.28. The van der Waals surface area contributed by atoms with Gasteiger partial charge in [-0.15, -0.1) is 0 Å². The maximum absolute atomic E-state index is 7.14. The van der Waals surface area contributed by atoms with Crippen molar-refractivity contribution < 1.29 is 4.74 Å². The van der Waals surface area contributed by atoms with E-state index in [-0.39, 0.29) is 5.84 Å². The summed E-state index contributed by atoms with van der Waals surface area (Å²) in [5.41, 5.74) is 7.74. The Bertz CT molecular complexity index is 386. The molecule has 0 saturated carbocycles. The standard InChI is InChI=1S/C14H22N2O/c1-10(2)12-7-6-11(3)9-13(12)17-8-4-5-14(15)16/h6-7,9-10H,4-5,8H2,1-3H3,(H3,15,16). The monoisotopic (exact) mass is 234 g/mol. The molecule has 3 N–H and O–H groups in total. The van der Waals surface area contributed by atoms with Gasteiger partial charge in [0, 0.05) is 6.42 Å². The molecular weight excluding hydrogens is 212 g/mol. The van der Waals surface area contributed by atoms with Gasteiger partial charge in [-0.05, 0) is 36.5 Å². The zero-order valence-electron chi connectivity index (χ0n) is 10.9. The molecule has 0 bridgehead atoms. The third-order valence-electron chi connectivity index (χ3n) is 2.64. The van der Waals surface area contributed by atoms with Gasteiger partial charge in [0.1, 0.15) is 5.75 Å². The largest absolute Gasteiger partial charge is 0.493 e. The summed E-state index contributed by atoms with van der Waals surface area (Å²) in [7, 11) is 0. The van der Waals surface area contributed by atoms with Crippen LogP contribution in [0.15, 0.2) is 18.2 Å². The van der Waals surface area contributed by atoms with Crippen LogP contribution in [0.1, 0.15) is 43.7 Å². The van der Waals surface area contributed by atoms with Crippen LogP contribution in [-0.2, 0) is 0 Å². The minimum Gasteiger partial charge on any atom is -0.493 e. The normalized spacial score (nSPS) is 10.6. The minimum absolute atomic E-state index is 0.224. The molecule has 3 nitrogen and oxygen atoms in total. The smallest absolute Gasteiger partial charge is 0.122 e. The summed E-state index contributed by atoms with van der Waals surface area (Å²) >= 11 is 0. The Hall–Kier alpha value is -1.51. The highest BCUT2D eigenvalue weighted by Crippen LogP contribution is 2.27. The van der Waals surface area contributed by atoms with Gasteiger partial charge in [-0.2, -0.15) is 0 Å². The molecule has 0 unspecified atom stereocenters. The summed E-state index contributed by atoms with van der Waals surface area (Å²) in [6, 6.07) is 6.31. The van der Waals surface area contributed by atoms with Crippen molar-refractivity contribution in [2.24, 2.45) is 5.73 Å². The molecule has 1 aromatic carbocycles. The second-order valence-corrected chi connectivity index (χ2v) is 4.67. The van der Waals surface area contributed by atoms with Crippen molar-refractivity contribution in [3.05, 3.63) is 29.3 Å². The van der Waals surface area contributed by atoms with Gasteiger partial charge in [-0.1, -0.05) is 26.0 Å². The number of amidine groups is 1. The Morgan fingerprint density at radius 2 is 2.12 bits per heavy atom. The highest BCUT2D eigenvalue weighted by Gasteiger charge is 2.07. The molecule has 1 rings (SSSR count). The lowest BCUT2D eigenvalue weighted by atomic mass is 10.0. The molecule has 1 aromatic rings. The van der Waals surface area contributed by atoms with Crippen molar-refractivity contribution in [1.29, 1.82) is 5.41 Å². The van der Waals surface area contributed by atoms with Crippen LogP contribution in [0.5, 0.6) is 5.75 Å². The second-order valence-electron chi connectivity index (χ2n) is 4.67. The average molecular weight is 234 g/mol. The van der Waals surface area contributed by atoms with Crippen LogP contribution in [0, 0.1) is 12.3 Å². The first kappa shape index (κ1) is 13.6. The van der Waals surface area contributed by atoms with Gasteiger partial charge in [0.2, 0.25) is 0 Å². The summed E-state index contributed by atoms with van der Waals surface area (Å²) in [4.78, 5) is 0. The molecule has 0 amide bonds. The molecule has 0 atom stereocenters. The van der Waals surface area contributed by atoms with Crippen molar-refractivity contribution in [3.63, 3.8) is 0 Å². The number of hydrogen-bond donors (Lipinski definition) is 2. The van der Waals surface area contributed by atoms with Crippen LogP contribution >= 0.6 is 0 Å². The van der Waals surface area contributed by atoms with Gasteiger partial charge < -0.3 is 10.5 Å². The number of nitrogens with one attached hydrogen (secondary N) is 1. The number of rotatable bonds is 6. The predicted molar refractivity (Wildman–Crippen MR) is 71.9 cm³/mol. The Morgan fingerprint density at radius 3 is 2.71 bits per heavy atom. The van der Waals surface area contributed by atoms with E-state index < -0.39 is 0 Å². The summed E-state index contributed by atoms with van der Waals surface area (Å²) in [5, 5.41) is 7.14. The third-order valence-corrected chi connectivity index (χ3v) is 2.64. The molecule has 0 aromatic heterocycles. The van der Waals surface area contributed by atoms with Gasteiger partial charge >= 0.3 is 0 Å². The van der Waals surface area contributed by atoms with Gasteiger partial charge in [-0.25, -0.2) is 0 Å². The van der Waals surface area contributed by atoms with Crippen molar-refractivity contribution in [3.8, 4) is 5.75 Å². The van der Waals surface area contributed by atoms with Crippen molar-refractivity contribution in [1.82, 2.24) is 0 Å². The van der Waals surface area contributed by atoms with Crippen LogP contribution in [0.25, 0.3) is 0 Å². The van der Waals surface area contributed by atoms with E-state index in [0.717, 1.165) is 12.2 Å². The molecule has 0 heterocycles. The maximum Gasteiger partial charge on any atom is 0.122 e. The number of nitrogens with two attached hydrogens (primary N) is 1. The first-order valence-electron chi connectivity index (χ1n) is 6.07. The van der Waals surface area contributed by atoms with E-state index in [2.05, 4.69) is 39.0 Å². The molecule has 0 aliphatic carbocycles. The van der Waals surface area contributed by atoms with E-state index >= 15 is 0 Å². The molecule has 0 aliphatic rings. The lowest BCUT2D eigenvalue weighted by Gasteiger charge is -2.14. The van der Waals surface area contributed by atoms with Gasteiger partial charge in [0.15, 0.2) is 0 Å². The number of aryl methyl sites for hydroxylation is 1. The third kappa shape index (κ3) is 4.47. The van der Waals surface area contributed by atoms with Crippen molar-refractivity contribution >= 4 is 5.84 Å². The number of benzene rings is 1. The maximum atomic E-state index is 7.14. The van der Waals surface area contributed by atoms with Crippen LogP contribution in [0.2, 0.25) is 0 Å². The number of hydrogen-bond acceptors (Lipinski definition) is 2. The number of ether oxygens (including phenoxy) is 1. The fourth-order valence-electron chi connectivity index (χ4n) is 1.69. The quantitative estimate of drug-likeness (QED) is 0.451. The van der Waals surface area contributed by atoms with E-state index in [1.807, 2.05) is 0 Å². The summed E-state index contributed by atoms with van der Waals surface area (Å²) in [6.07, 6.45) is 1.39. The molecule has 0 fully saturated rings. The molecule has 0 saturated heterocycles. The lowest BCUT2D eigenvalue weighted by molar-refractivity contribution is 0.309. The summed E-state index contributed by atoms with van der Waals surface area (Å²) in [5.74, 6) is 1.64. The fraction of sp³-hybridized carbons (Fsp3) is 0.500. The molecule has 94 valence electrons. The Balaban J connectivity index is 2.62. The minimum atomic E-state index is 0.224. The van der Waals surface area contributed by atoms with Crippen LogP contribution in [0.3, 0.4) is 0 Å². The zero-order chi connectivity index (χ0) is 12.8. The Kier molecular flexibility index (Phi) is 5.01.